The first-order valence-corrected chi connectivity index (χ1v) is 8.09. The van der Waals surface area contributed by atoms with Gasteiger partial charge in [0.05, 0.1) is 6.10 Å². The van der Waals surface area contributed by atoms with Crippen LogP contribution >= 0.6 is 0 Å². The molecule has 3 atom stereocenters. The lowest BCUT2D eigenvalue weighted by atomic mass is 9.76. The van der Waals surface area contributed by atoms with E-state index in [9.17, 15) is 5.11 Å². The van der Waals surface area contributed by atoms with Crippen LogP contribution in [0.2, 0.25) is 0 Å². The van der Waals surface area contributed by atoms with E-state index >= 15 is 0 Å². The Morgan fingerprint density at radius 3 is 2.79 bits per heavy atom. The third-order valence-corrected chi connectivity index (χ3v) is 5.12. The third-order valence-electron chi connectivity index (χ3n) is 5.12. The molecule has 3 rings (SSSR count). The molecule has 0 aliphatic heterocycles. The van der Waals surface area contributed by atoms with Crippen molar-refractivity contribution < 1.29 is 5.11 Å². The fourth-order valence-corrected chi connectivity index (χ4v) is 4.15. The first-order valence-electron chi connectivity index (χ1n) is 8.09. The van der Waals surface area contributed by atoms with Crippen LogP contribution < -0.4 is 0 Å². The van der Waals surface area contributed by atoms with Gasteiger partial charge in [0.1, 0.15) is 0 Å². The molecule has 2 aliphatic carbocycles. The summed E-state index contributed by atoms with van der Waals surface area (Å²) < 4.78 is 0. The highest BCUT2D eigenvalue weighted by Crippen LogP contribution is 2.39. The lowest BCUT2D eigenvalue weighted by Crippen LogP contribution is -2.16. The van der Waals surface area contributed by atoms with Crippen LogP contribution in [0.25, 0.3) is 0 Å². The lowest BCUT2D eigenvalue weighted by Gasteiger charge is -2.29. The van der Waals surface area contributed by atoms with E-state index in [0.717, 1.165) is 24.7 Å². The van der Waals surface area contributed by atoms with E-state index in [0.29, 0.717) is 0 Å². The number of aliphatic hydroxyl groups excluding tert-OH is 1. The summed E-state index contributed by atoms with van der Waals surface area (Å²) in [6.45, 7) is 0. The number of aryl methyl sites for hydroxylation is 1. The van der Waals surface area contributed by atoms with Crippen molar-refractivity contribution in [2.24, 2.45) is 5.92 Å². The van der Waals surface area contributed by atoms with Crippen LogP contribution in [0.5, 0.6) is 0 Å². The summed E-state index contributed by atoms with van der Waals surface area (Å²) in [7, 11) is 0. The highest BCUT2D eigenvalue weighted by atomic mass is 16.3. The van der Waals surface area contributed by atoms with E-state index in [1.807, 2.05) is 0 Å². The molecular formula is C18H26O. The van der Waals surface area contributed by atoms with Gasteiger partial charge in [-0.2, -0.15) is 0 Å². The third kappa shape index (κ3) is 3.20. The minimum absolute atomic E-state index is 0.0358. The predicted molar refractivity (Wildman–Crippen MR) is 79.3 cm³/mol. The van der Waals surface area contributed by atoms with Crippen LogP contribution in [0.1, 0.15) is 68.4 Å². The summed E-state index contributed by atoms with van der Waals surface area (Å²) in [6, 6.07) is 9.02. The minimum Gasteiger partial charge on any atom is -0.393 e. The largest absolute Gasteiger partial charge is 0.393 e. The molecule has 1 N–H and O–H groups in total. The highest BCUT2D eigenvalue weighted by Gasteiger charge is 2.25. The van der Waals surface area contributed by atoms with Crippen molar-refractivity contribution in [1.82, 2.24) is 0 Å². The molecule has 0 amide bonds. The standard InChI is InChI=1S/C18H26O/c19-17-10-3-1-6-14(13-17)12-16-9-5-8-15-7-2-4-11-18(15)16/h2,4,7,11,14,16-17,19H,1,3,5-6,8-10,12-13H2. The molecule has 0 saturated heterocycles. The molecule has 0 bridgehead atoms. The van der Waals surface area contributed by atoms with Crippen LogP contribution in [0.4, 0.5) is 0 Å². The second kappa shape index (κ2) is 6.09. The molecule has 0 radical (unpaired) electrons. The molecule has 0 heterocycles. The van der Waals surface area contributed by atoms with E-state index in [1.165, 1.54) is 44.9 Å². The fourth-order valence-electron chi connectivity index (χ4n) is 4.15. The van der Waals surface area contributed by atoms with Crippen molar-refractivity contribution in [2.45, 2.75) is 69.8 Å². The Hall–Kier alpha value is -0.820. The van der Waals surface area contributed by atoms with Crippen LogP contribution in [-0.2, 0) is 6.42 Å². The quantitative estimate of drug-likeness (QED) is 0.778. The number of hydrogen-bond acceptors (Lipinski definition) is 1. The number of rotatable bonds is 2. The Balaban J connectivity index is 1.70. The van der Waals surface area contributed by atoms with Gasteiger partial charge in [0, 0.05) is 0 Å². The Labute approximate surface area is 117 Å². The molecule has 1 saturated carbocycles. The Kier molecular flexibility index (Phi) is 4.22. The molecule has 19 heavy (non-hydrogen) atoms. The number of hydrogen-bond donors (Lipinski definition) is 1. The summed E-state index contributed by atoms with van der Waals surface area (Å²) in [6.07, 6.45) is 11.2. The second-order valence-electron chi connectivity index (χ2n) is 6.56. The van der Waals surface area contributed by atoms with Gasteiger partial charge < -0.3 is 5.11 Å². The summed E-state index contributed by atoms with van der Waals surface area (Å²) in [5.74, 6) is 1.49. The Bertz CT molecular complexity index is 412. The molecule has 104 valence electrons. The SMILES string of the molecule is OC1CCCCC(CC2CCCc3ccccc32)C1. The van der Waals surface area contributed by atoms with Crippen LogP contribution in [0.15, 0.2) is 24.3 Å². The van der Waals surface area contributed by atoms with Crippen molar-refractivity contribution in [3.05, 3.63) is 35.4 Å². The number of benzene rings is 1. The first-order chi connectivity index (χ1) is 9.33. The molecule has 1 heteroatoms. The lowest BCUT2D eigenvalue weighted by molar-refractivity contribution is 0.137. The zero-order valence-electron chi connectivity index (χ0n) is 11.9. The number of fused-ring (bicyclic) bond motifs is 1. The van der Waals surface area contributed by atoms with Gasteiger partial charge in [-0.25, -0.2) is 0 Å². The molecule has 0 aromatic heterocycles. The van der Waals surface area contributed by atoms with Crippen molar-refractivity contribution in [1.29, 1.82) is 0 Å². The Morgan fingerprint density at radius 1 is 1.00 bits per heavy atom. The molecule has 2 aliphatic rings. The van der Waals surface area contributed by atoms with Gasteiger partial charge in [0.25, 0.3) is 0 Å². The van der Waals surface area contributed by atoms with Crippen LogP contribution in [-0.4, -0.2) is 11.2 Å². The van der Waals surface area contributed by atoms with Crippen LogP contribution in [0, 0.1) is 5.92 Å². The topological polar surface area (TPSA) is 20.2 Å². The first kappa shape index (κ1) is 13.2. The van der Waals surface area contributed by atoms with Gasteiger partial charge in [-0.1, -0.05) is 43.5 Å². The highest BCUT2D eigenvalue weighted by molar-refractivity contribution is 5.32. The van der Waals surface area contributed by atoms with Crippen molar-refractivity contribution in [3.63, 3.8) is 0 Å². The van der Waals surface area contributed by atoms with Gasteiger partial charge in [0.15, 0.2) is 0 Å². The zero-order chi connectivity index (χ0) is 13.1. The van der Waals surface area contributed by atoms with E-state index < -0.39 is 0 Å². The molecule has 1 aromatic carbocycles. The number of aliphatic hydroxyl groups is 1. The average molecular weight is 258 g/mol. The Morgan fingerprint density at radius 2 is 1.84 bits per heavy atom. The van der Waals surface area contributed by atoms with Crippen molar-refractivity contribution in [2.75, 3.05) is 0 Å². The van der Waals surface area contributed by atoms with E-state index in [4.69, 9.17) is 0 Å². The molecule has 1 aromatic rings. The van der Waals surface area contributed by atoms with Gasteiger partial charge in [0.2, 0.25) is 0 Å². The molecule has 3 unspecified atom stereocenters. The smallest absolute Gasteiger partial charge is 0.0542 e. The van der Waals surface area contributed by atoms with Crippen LogP contribution in [0.3, 0.4) is 0 Å². The molecule has 1 fully saturated rings. The van der Waals surface area contributed by atoms with Gasteiger partial charge in [-0.15, -0.1) is 0 Å². The maximum atomic E-state index is 9.98. The predicted octanol–water partition coefficient (Wildman–Crippen LogP) is 4.44. The second-order valence-corrected chi connectivity index (χ2v) is 6.56. The monoisotopic (exact) mass is 258 g/mol. The zero-order valence-corrected chi connectivity index (χ0v) is 11.9. The summed E-state index contributed by atoms with van der Waals surface area (Å²) >= 11 is 0. The molecular weight excluding hydrogens is 232 g/mol. The van der Waals surface area contributed by atoms with E-state index in [1.54, 1.807) is 11.1 Å². The molecule has 1 nitrogen and oxygen atoms in total. The summed E-state index contributed by atoms with van der Waals surface area (Å²) in [5, 5.41) is 9.98. The fraction of sp³-hybridized carbons (Fsp3) is 0.667. The minimum atomic E-state index is -0.0358. The molecule has 0 spiro atoms. The summed E-state index contributed by atoms with van der Waals surface area (Å²) in [5.41, 5.74) is 3.18. The van der Waals surface area contributed by atoms with Gasteiger partial charge in [-0.05, 0) is 61.5 Å². The van der Waals surface area contributed by atoms with E-state index in [2.05, 4.69) is 24.3 Å². The van der Waals surface area contributed by atoms with Gasteiger partial charge >= 0.3 is 0 Å². The van der Waals surface area contributed by atoms with Crippen molar-refractivity contribution >= 4 is 0 Å². The van der Waals surface area contributed by atoms with E-state index in [-0.39, 0.29) is 6.10 Å². The average Bonchev–Trinajstić information content (AvgIpc) is 2.63. The van der Waals surface area contributed by atoms with Gasteiger partial charge in [-0.3, -0.25) is 0 Å². The maximum Gasteiger partial charge on any atom is 0.0542 e. The van der Waals surface area contributed by atoms with Crippen molar-refractivity contribution in [3.8, 4) is 0 Å². The maximum absolute atomic E-state index is 9.98. The summed E-state index contributed by atoms with van der Waals surface area (Å²) in [4.78, 5) is 0. The normalized spacial score (nSPS) is 31.5.